The first-order chi connectivity index (χ1) is 8.83. The Morgan fingerprint density at radius 3 is 2.94 bits per heavy atom. The topological polar surface area (TPSA) is 27.1 Å². The largest absolute Gasteiger partial charge is 0.497 e. The van der Waals surface area contributed by atoms with Crippen molar-refractivity contribution in [1.82, 2.24) is 9.55 Å². The van der Waals surface area contributed by atoms with Crippen LogP contribution < -0.4 is 4.74 Å². The predicted octanol–water partition coefficient (Wildman–Crippen LogP) is 3.55. The lowest BCUT2D eigenvalue weighted by atomic mass is 10.3. The van der Waals surface area contributed by atoms with E-state index in [0.717, 1.165) is 24.1 Å². The number of alkyl halides is 1. The van der Waals surface area contributed by atoms with Gasteiger partial charge >= 0.3 is 0 Å². The minimum absolute atomic E-state index is 0.647. The number of imidazole rings is 1. The Morgan fingerprint density at radius 2 is 2.28 bits per heavy atom. The van der Waals surface area contributed by atoms with Crippen LogP contribution in [0.2, 0.25) is 0 Å². The average molecular weight is 265 g/mol. The van der Waals surface area contributed by atoms with E-state index >= 15 is 0 Å². The van der Waals surface area contributed by atoms with Crippen molar-refractivity contribution in [2.24, 2.45) is 0 Å². The van der Waals surface area contributed by atoms with Gasteiger partial charge in [-0.25, -0.2) is 4.98 Å². The second kappa shape index (κ2) is 4.81. The van der Waals surface area contributed by atoms with E-state index in [0.29, 0.717) is 11.9 Å². The van der Waals surface area contributed by atoms with E-state index < -0.39 is 0 Å². The zero-order valence-corrected chi connectivity index (χ0v) is 11.3. The second-order valence-electron chi connectivity index (χ2n) is 4.78. The molecule has 1 saturated carbocycles. The van der Waals surface area contributed by atoms with Crippen LogP contribution in [-0.4, -0.2) is 22.5 Å². The second-order valence-corrected chi connectivity index (χ2v) is 5.15. The maximum Gasteiger partial charge on any atom is 0.121 e. The zero-order valence-electron chi connectivity index (χ0n) is 10.5. The molecule has 0 aliphatic heterocycles. The number of halogens is 1. The number of ether oxygens (including phenoxy) is 1. The van der Waals surface area contributed by atoms with E-state index in [9.17, 15) is 0 Å². The molecule has 0 unspecified atom stereocenters. The van der Waals surface area contributed by atoms with Crippen LogP contribution in [0.5, 0.6) is 5.75 Å². The van der Waals surface area contributed by atoms with E-state index in [2.05, 4.69) is 10.6 Å². The van der Waals surface area contributed by atoms with E-state index in [1.165, 1.54) is 24.2 Å². The summed E-state index contributed by atoms with van der Waals surface area (Å²) in [4.78, 5) is 4.74. The Morgan fingerprint density at radius 1 is 1.44 bits per heavy atom. The minimum atomic E-state index is 0.647. The molecule has 0 bridgehead atoms. The number of methoxy groups -OCH3 is 1. The van der Waals surface area contributed by atoms with Crippen molar-refractivity contribution in [3.63, 3.8) is 0 Å². The number of rotatable bonds is 5. The molecular weight excluding hydrogens is 248 g/mol. The standard InChI is InChI=1S/C14H17ClN2O/c1-18-11-6-7-13-12(9-11)16-14(3-2-8-15)17(13)10-4-5-10/h6-7,9-10H,2-5,8H2,1H3. The molecule has 4 heteroatoms. The summed E-state index contributed by atoms with van der Waals surface area (Å²) >= 11 is 5.79. The van der Waals surface area contributed by atoms with Crippen LogP contribution in [-0.2, 0) is 6.42 Å². The van der Waals surface area contributed by atoms with Gasteiger partial charge in [0.15, 0.2) is 0 Å². The van der Waals surface area contributed by atoms with Crippen LogP contribution in [0.15, 0.2) is 18.2 Å². The lowest BCUT2D eigenvalue weighted by Crippen LogP contribution is -2.01. The van der Waals surface area contributed by atoms with Crippen molar-refractivity contribution in [1.29, 1.82) is 0 Å². The molecule has 1 aromatic carbocycles. The summed E-state index contributed by atoms with van der Waals surface area (Å²) < 4.78 is 7.65. The number of aryl methyl sites for hydroxylation is 1. The zero-order chi connectivity index (χ0) is 12.5. The van der Waals surface area contributed by atoms with Crippen LogP contribution >= 0.6 is 11.6 Å². The van der Waals surface area contributed by atoms with Gasteiger partial charge in [-0.3, -0.25) is 0 Å². The predicted molar refractivity (Wildman–Crippen MR) is 73.6 cm³/mol. The summed E-state index contributed by atoms with van der Waals surface area (Å²) in [6.07, 6.45) is 4.47. The SMILES string of the molecule is COc1ccc2c(c1)nc(CCCCl)n2C1CC1. The first-order valence-corrected chi connectivity index (χ1v) is 6.97. The summed E-state index contributed by atoms with van der Waals surface area (Å²) in [7, 11) is 1.69. The molecule has 3 nitrogen and oxygen atoms in total. The van der Waals surface area contributed by atoms with Gasteiger partial charge in [-0.15, -0.1) is 11.6 Å². The quantitative estimate of drug-likeness (QED) is 0.772. The van der Waals surface area contributed by atoms with Crippen molar-refractivity contribution in [2.45, 2.75) is 31.7 Å². The molecule has 96 valence electrons. The third kappa shape index (κ3) is 2.07. The molecule has 0 atom stereocenters. The number of aromatic nitrogens is 2. The highest BCUT2D eigenvalue weighted by Crippen LogP contribution is 2.39. The third-order valence-corrected chi connectivity index (χ3v) is 3.68. The molecule has 0 spiro atoms. The fourth-order valence-corrected chi connectivity index (χ4v) is 2.53. The Kier molecular flexibility index (Phi) is 3.16. The molecule has 1 heterocycles. The average Bonchev–Trinajstić information content (AvgIpc) is 3.16. The molecule has 3 rings (SSSR count). The van der Waals surface area contributed by atoms with Gasteiger partial charge in [0.05, 0.1) is 18.1 Å². The van der Waals surface area contributed by atoms with Crippen molar-refractivity contribution in [3.8, 4) is 5.75 Å². The van der Waals surface area contributed by atoms with Gasteiger partial charge in [0.2, 0.25) is 0 Å². The first kappa shape index (κ1) is 11.8. The highest BCUT2D eigenvalue weighted by atomic mass is 35.5. The van der Waals surface area contributed by atoms with Crippen LogP contribution in [0.4, 0.5) is 0 Å². The maximum absolute atomic E-state index is 5.79. The minimum Gasteiger partial charge on any atom is -0.497 e. The number of hydrogen-bond acceptors (Lipinski definition) is 2. The molecule has 1 aliphatic rings. The van der Waals surface area contributed by atoms with Gasteiger partial charge in [-0.05, 0) is 31.4 Å². The molecule has 0 radical (unpaired) electrons. The first-order valence-electron chi connectivity index (χ1n) is 6.44. The summed E-state index contributed by atoms with van der Waals surface area (Å²) in [6, 6.07) is 6.78. The summed E-state index contributed by atoms with van der Waals surface area (Å²) in [5.74, 6) is 2.73. The number of fused-ring (bicyclic) bond motifs is 1. The van der Waals surface area contributed by atoms with Crippen LogP contribution in [0, 0.1) is 0 Å². The van der Waals surface area contributed by atoms with Gasteiger partial charge in [0.1, 0.15) is 11.6 Å². The lowest BCUT2D eigenvalue weighted by molar-refractivity contribution is 0.415. The summed E-state index contributed by atoms with van der Waals surface area (Å²) in [5, 5.41) is 0. The number of nitrogens with zero attached hydrogens (tertiary/aromatic N) is 2. The van der Waals surface area contributed by atoms with Gasteiger partial charge < -0.3 is 9.30 Å². The maximum atomic E-state index is 5.79. The normalized spacial score (nSPS) is 15.2. The molecule has 0 saturated heterocycles. The monoisotopic (exact) mass is 264 g/mol. The smallest absolute Gasteiger partial charge is 0.121 e. The Bertz CT molecular complexity index is 560. The molecular formula is C14H17ClN2O. The van der Waals surface area contributed by atoms with Crippen molar-refractivity contribution in [3.05, 3.63) is 24.0 Å². The molecule has 0 N–H and O–H groups in total. The lowest BCUT2D eigenvalue weighted by Gasteiger charge is -2.06. The Hall–Kier alpha value is -1.22. The van der Waals surface area contributed by atoms with Crippen LogP contribution in [0.1, 0.15) is 31.1 Å². The van der Waals surface area contributed by atoms with Crippen molar-refractivity contribution < 1.29 is 4.74 Å². The number of benzene rings is 1. The summed E-state index contributed by atoms with van der Waals surface area (Å²) in [6.45, 7) is 0. The highest BCUT2D eigenvalue weighted by molar-refractivity contribution is 6.17. The number of hydrogen-bond donors (Lipinski definition) is 0. The Labute approximate surface area is 112 Å². The highest BCUT2D eigenvalue weighted by Gasteiger charge is 2.27. The molecule has 1 aliphatic carbocycles. The van der Waals surface area contributed by atoms with Crippen molar-refractivity contribution >= 4 is 22.6 Å². The van der Waals surface area contributed by atoms with E-state index in [-0.39, 0.29) is 0 Å². The van der Waals surface area contributed by atoms with Gasteiger partial charge in [0.25, 0.3) is 0 Å². The third-order valence-electron chi connectivity index (χ3n) is 3.42. The van der Waals surface area contributed by atoms with E-state index in [1.807, 2.05) is 12.1 Å². The van der Waals surface area contributed by atoms with E-state index in [1.54, 1.807) is 7.11 Å². The summed E-state index contributed by atoms with van der Waals surface area (Å²) in [5.41, 5.74) is 2.26. The molecule has 1 aromatic heterocycles. The van der Waals surface area contributed by atoms with Gasteiger partial charge in [0, 0.05) is 24.4 Å². The van der Waals surface area contributed by atoms with E-state index in [4.69, 9.17) is 21.3 Å². The van der Waals surface area contributed by atoms with Gasteiger partial charge in [-0.1, -0.05) is 0 Å². The molecule has 2 aromatic rings. The van der Waals surface area contributed by atoms with Crippen molar-refractivity contribution in [2.75, 3.05) is 13.0 Å². The van der Waals surface area contributed by atoms with Crippen LogP contribution in [0.25, 0.3) is 11.0 Å². The molecule has 0 amide bonds. The van der Waals surface area contributed by atoms with Crippen LogP contribution in [0.3, 0.4) is 0 Å². The molecule has 18 heavy (non-hydrogen) atoms. The van der Waals surface area contributed by atoms with Gasteiger partial charge in [-0.2, -0.15) is 0 Å². The fourth-order valence-electron chi connectivity index (χ4n) is 2.40. The Balaban J connectivity index is 2.06. The fraction of sp³-hybridized carbons (Fsp3) is 0.500. The molecule has 1 fully saturated rings.